The molecule has 0 amide bonds. The van der Waals surface area contributed by atoms with E-state index >= 15 is 0 Å². The Morgan fingerprint density at radius 1 is 1.10 bits per heavy atom. The zero-order chi connectivity index (χ0) is 7.61. The summed E-state index contributed by atoms with van der Waals surface area (Å²) in [5.74, 6) is 0. The summed E-state index contributed by atoms with van der Waals surface area (Å²) >= 11 is 6.06. The molecule has 0 aliphatic heterocycles. The topological polar surface area (TPSA) is 0 Å². The first kappa shape index (κ1) is 7.62. The molecule has 0 nitrogen and oxygen atoms in total. The Labute approximate surface area is 66.8 Å². The first-order valence-corrected chi connectivity index (χ1v) is 3.73. The van der Waals surface area contributed by atoms with E-state index in [1.165, 1.54) is 0 Å². The van der Waals surface area contributed by atoms with Crippen molar-refractivity contribution in [2.24, 2.45) is 0 Å². The van der Waals surface area contributed by atoms with E-state index in [9.17, 15) is 0 Å². The first-order chi connectivity index (χ1) is 4.61. The van der Waals surface area contributed by atoms with Gasteiger partial charge >= 0.3 is 0 Å². The molecule has 54 valence electrons. The standard InChI is InChI=1S/C9H11Cl/c1-9(2,10)8-6-4-3-5-7-8/h3-7H,1-2H3. The van der Waals surface area contributed by atoms with Crippen LogP contribution in [0.5, 0.6) is 0 Å². The van der Waals surface area contributed by atoms with Crippen molar-refractivity contribution in [2.75, 3.05) is 0 Å². The lowest BCUT2D eigenvalue weighted by Crippen LogP contribution is -2.06. The predicted octanol–water partition coefficient (Wildman–Crippen LogP) is 3.16. The molecule has 0 unspecified atom stereocenters. The van der Waals surface area contributed by atoms with Crippen molar-refractivity contribution in [3.63, 3.8) is 0 Å². The summed E-state index contributed by atoms with van der Waals surface area (Å²) in [7, 11) is 0. The fraction of sp³-hybridized carbons (Fsp3) is 0.333. The van der Waals surface area contributed by atoms with Crippen LogP contribution in [0.25, 0.3) is 0 Å². The van der Waals surface area contributed by atoms with Crippen molar-refractivity contribution in [1.29, 1.82) is 0 Å². The van der Waals surface area contributed by atoms with Gasteiger partial charge in [0.05, 0.1) is 4.87 Å². The second-order valence-electron chi connectivity index (χ2n) is 2.84. The van der Waals surface area contributed by atoms with Crippen LogP contribution in [-0.4, -0.2) is 0 Å². The number of hydrogen-bond donors (Lipinski definition) is 0. The maximum absolute atomic E-state index is 6.06. The van der Waals surface area contributed by atoms with Gasteiger partial charge in [-0.05, 0) is 19.4 Å². The normalized spacial score (nSPS) is 11.5. The molecule has 0 fully saturated rings. The molecule has 0 aliphatic rings. The monoisotopic (exact) mass is 154 g/mol. The van der Waals surface area contributed by atoms with Crippen molar-refractivity contribution in [1.82, 2.24) is 0 Å². The maximum Gasteiger partial charge on any atom is 0.0638 e. The molecule has 0 aliphatic carbocycles. The smallest absolute Gasteiger partial charge is 0.0638 e. The van der Waals surface area contributed by atoms with Gasteiger partial charge in [0.15, 0.2) is 0 Å². The van der Waals surface area contributed by atoms with Gasteiger partial charge in [-0.15, -0.1) is 11.6 Å². The molecule has 1 aromatic rings. The van der Waals surface area contributed by atoms with Crippen LogP contribution >= 0.6 is 11.6 Å². The number of halogens is 1. The highest BCUT2D eigenvalue weighted by Crippen LogP contribution is 2.26. The lowest BCUT2D eigenvalue weighted by atomic mass is 10.0. The van der Waals surface area contributed by atoms with E-state index in [1.54, 1.807) is 0 Å². The molecule has 0 saturated carbocycles. The molecular formula is C9H11Cl. The van der Waals surface area contributed by atoms with Crippen LogP contribution in [-0.2, 0) is 4.87 Å². The van der Waals surface area contributed by atoms with Gasteiger partial charge < -0.3 is 0 Å². The molecule has 1 aromatic carbocycles. The minimum atomic E-state index is -0.235. The highest BCUT2D eigenvalue weighted by atomic mass is 35.5. The van der Waals surface area contributed by atoms with Crippen LogP contribution < -0.4 is 0 Å². The van der Waals surface area contributed by atoms with Crippen LogP contribution in [0.4, 0.5) is 0 Å². The molecule has 0 saturated heterocycles. The first-order valence-electron chi connectivity index (χ1n) is 3.35. The molecule has 1 heteroatoms. The van der Waals surface area contributed by atoms with Gasteiger partial charge in [-0.25, -0.2) is 0 Å². The van der Waals surface area contributed by atoms with Crippen LogP contribution in [0.2, 0.25) is 0 Å². The van der Waals surface area contributed by atoms with E-state index in [0.717, 1.165) is 5.56 Å². The van der Waals surface area contributed by atoms with Crippen molar-refractivity contribution < 1.29 is 0 Å². The molecule has 0 atom stereocenters. The molecule has 1 rings (SSSR count). The van der Waals surface area contributed by atoms with Gasteiger partial charge in [-0.1, -0.05) is 30.3 Å². The van der Waals surface area contributed by atoms with Gasteiger partial charge in [0.25, 0.3) is 0 Å². The van der Waals surface area contributed by atoms with Crippen molar-refractivity contribution in [3.8, 4) is 0 Å². The average Bonchev–Trinajstić information content (AvgIpc) is 1.88. The molecule has 10 heavy (non-hydrogen) atoms. The van der Waals surface area contributed by atoms with Crippen LogP contribution in [0.3, 0.4) is 0 Å². The van der Waals surface area contributed by atoms with Gasteiger partial charge in [0, 0.05) is 0 Å². The molecule has 0 bridgehead atoms. The lowest BCUT2D eigenvalue weighted by Gasteiger charge is -2.15. The van der Waals surface area contributed by atoms with E-state index in [4.69, 9.17) is 11.6 Å². The van der Waals surface area contributed by atoms with Crippen LogP contribution in [0.15, 0.2) is 30.3 Å². The van der Waals surface area contributed by atoms with E-state index < -0.39 is 0 Å². The minimum absolute atomic E-state index is 0.235. The fourth-order valence-electron chi connectivity index (χ4n) is 0.834. The highest BCUT2D eigenvalue weighted by Gasteiger charge is 2.14. The van der Waals surface area contributed by atoms with E-state index in [1.807, 2.05) is 44.2 Å². The highest BCUT2D eigenvalue weighted by molar-refractivity contribution is 6.23. The Hall–Kier alpha value is -0.490. The second-order valence-corrected chi connectivity index (χ2v) is 3.78. The summed E-state index contributed by atoms with van der Waals surface area (Å²) in [6, 6.07) is 10.1. The molecule has 0 heterocycles. The number of alkyl halides is 1. The second kappa shape index (κ2) is 2.63. The zero-order valence-electron chi connectivity index (χ0n) is 6.26. The van der Waals surface area contributed by atoms with Crippen molar-refractivity contribution in [3.05, 3.63) is 35.9 Å². The molecule has 0 aromatic heterocycles. The predicted molar refractivity (Wildman–Crippen MR) is 45.3 cm³/mol. The van der Waals surface area contributed by atoms with Gasteiger partial charge in [-0.2, -0.15) is 0 Å². The largest absolute Gasteiger partial charge is 0.115 e. The third-order valence-electron chi connectivity index (χ3n) is 1.46. The maximum atomic E-state index is 6.06. The van der Waals surface area contributed by atoms with E-state index in [0.29, 0.717) is 0 Å². The number of benzene rings is 1. The quantitative estimate of drug-likeness (QED) is 0.546. The van der Waals surface area contributed by atoms with Crippen LogP contribution in [0, 0.1) is 0 Å². The Bertz CT molecular complexity index is 196. The van der Waals surface area contributed by atoms with Gasteiger partial charge in [0.2, 0.25) is 0 Å². The summed E-state index contributed by atoms with van der Waals surface area (Å²) in [4.78, 5) is -0.235. The lowest BCUT2D eigenvalue weighted by molar-refractivity contribution is 0.766. The SMILES string of the molecule is CC(C)(Cl)c1ccccc1. The third-order valence-corrected chi connectivity index (χ3v) is 1.68. The Balaban J connectivity index is 2.97. The zero-order valence-corrected chi connectivity index (χ0v) is 7.02. The van der Waals surface area contributed by atoms with Crippen molar-refractivity contribution >= 4 is 11.6 Å². The molecule has 0 radical (unpaired) electrons. The Kier molecular flexibility index (Phi) is 2.00. The van der Waals surface area contributed by atoms with Crippen LogP contribution in [0.1, 0.15) is 19.4 Å². The Morgan fingerprint density at radius 3 is 1.90 bits per heavy atom. The van der Waals surface area contributed by atoms with E-state index in [2.05, 4.69) is 0 Å². The average molecular weight is 155 g/mol. The summed E-state index contributed by atoms with van der Waals surface area (Å²) in [6.07, 6.45) is 0. The molecular weight excluding hydrogens is 144 g/mol. The Morgan fingerprint density at radius 2 is 1.60 bits per heavy atom. The minimum Gasteiger partial charge on any atom is -0.115 e. The molecule has 0 spiro atoms. The summed E-state index contributed by atoms with van der Waals surface area (Å²) in [6.45, 7) is 3.98. The fourth-order valence-corrected chi connectivity index (χ4v) is 0.960. The van der Waals surface area contributed by atoms with Gasteiger partial charge in [-0.3, -0.25) is 0 Å². The molecule has 0 N–H and O–H groups in total. The number of hydrogen-bond acceptors (Lipinski definition) is 0. The van der Waals surface area contributed by atoms with Crippen molar-refractivity contribution in [2.45, 2.75) is 18.7 Å². The summed E-state index contributed by atoms with van der Waals surface area (Å²) < 4.78 is 0. The van der Waals surface area contributed by atoms with Gasteiger partial charge in [0.1, 0.15) is 0 Å². The summed E-state index contributed by atoms with van der Waals surface area (Å²) in [5.41, 5.74) is 1.16. The third kappa shape index (κ3) is 1.74. The summed E-state index contributed by atoms with van der Waals surface area (Å²) in [5, 5.41) is 0. The van der Waals surface area contributed by atoms with E-state index in [-0.39, 0.29) is 4.87 Å². The number of rotatable bonds is 1.